The summed E-state index contributed by atoms with van der Waals surface area (Å²) in [6.07, 6.45) is -10.4. The molecule has 0 bridgehead atoms. The molecule has 190 valence electrons. The zero-order valence-corrected chi connectivity index (χ0v) is 18.5. The molecule has 1 amide bonds. The first kappa shape index (κ1) is 25.1. The van der Waals surface area contributed by atoms with Crippen LogP contribution >= 0.6 is 0 Å². The van der Waals surface area contributed by atoms with Crippen LogP contribution in [0.1, 0.15) is 18.9 Å². The topological polar surface area (TPSA) is 96.2 Å². The van der Waals surface area contributed by atoms with Gasteiger partial charge in [0.15, 0.2) is 6.10 Å². The number of carbonyl (C=O) groups is 1. The molecule has 1 unspecified atom stereocenters. The van der Waals surface area contributed by atoms with Gasteiger partial charge < -0.3 is 19.6 Å². The van der Waals surface area contributed by atoms with Gasteiger partial charge in [-0.1, -0.05) is 17.3 Å². The smallest absolute Gasteiger partial charge is 0.425 e. The number of alkyl halides is 6. The third-order valence-electron chi connectivity index (χ3n) is 5.38. The number of aryl methyl sites for hydroxylation is 1. The average molecular weight is 512 g/mol. The molecule has 1 atom stereocenters. The van der Waals surface area contributed by atoms with Gasteiger partial charge in [0.2, 0.25) is 11.7 Å². The van der Waals surface area contributed by atoms with Crippen LogP contribution in [0, 0.1) is 0 Å². The van der Waals surface area contributed by atoms with E-state index in [-0.39, 0.29) is 23.7 Å². The van der Waals surface area contributed by atoms with Crippen molar-refractivity contribution in [2.45, 2.75) is 38.3 Å². The van der Waals surface area contributed by atoms with Crippen molar-refractivity contribution in [3.63, 3.8) is 0 Å². The monoisotopic (exact) mass is 512 g/mol. The number of benzene rings is 2. The predicted molar refractivity (Wildman–Crippen MR) is 116 cm³/mol. The molecule has 0 radical (unpaired) electrons. The Morgan fingerprint density at radius 1 is 1.14 bits per heavy atom. The standard InChI is InChI=1S/C23H18F6N4O3/c1-12(22(24,25)26)35-18-6-5-13(11-16(18)23(27,28)29)21-31-20(32-36-21)15-3-2-4-17-14(15)7-9-33(17)10-8-19(30)34/h2-7,9,11-12H,8,10H2,1H3,(H2,30,34). The quantitative estimate of drug-likeness (QED) is 0.326. The molecule has 13 heteroatoms. The summed E-state index contributed by atoms with van der Waals surface area (Å²) >= 11 is 0. The first-order valence-electron chi connectivity index (χ1n) is 10.5. The molecule has 4 rings (SSSR count). The van der Waals surface area contributed by atoms with Gasteiger partial charge in [-0.3, -0.25) is 4.79 Å². The van der Waals surface area contributed by atoms with Gasteiger partial charge in [-0.05, 0) is 37.3 Å². The maximum atomic E-state index is 13.6. The van der Waals surface area contributed by atoms with Crippen LogP contribution in [0.3, 0.4) is 0 Å². The van der Waals surface area contributed by atoms with Crippen LogP contribution in [-0.4, -0.2) is 32.9 Å². The second-order valence-corrected chi connectivity index (χ2v) is 7.90. The van der Waals surface area contributed by atoms with Crippen molar-refractivity contribution in [2.24, 2.45) is 5.73 Å². The fourth-order valence-corrected chi connectivity index (χ4v) is 3.54. The lowest BCUT2D eigenvalue weighted by Gasteiger charge is -2.20. The summed E-state index contributed by atoms with van der Waals surface area (Å²) in [4.78, 5) is 15.3. The molecule has 2 N–H and O–H groups in total. The van der Waals surface area contributed by atoms with Crippen molar-refractivity contribution in [1.29, 1.82) is 0 Å². The summed E-state index contributed by atoms with van der Waals surface area (Å²) in [5, 5.41) is 4.56. The van der Waals surface area contributed by atoms with E-state index in [0.717, 1.165) is 17.6 Å². The Labute approximate surface area is 199 Å². The molecule has 2 heterocycles. The average Bonchev–Trinajstić information content (AvgIpc) is 3.44. The molecule has 0 saturated carbocycles. The lowest BCUT2D eigenvalue weighted by atomic mass is 10.1. The number of rotatable bonds is 7. The van der Waals surface area contributed by atoms with Gasteiger partial charge in [0.25, 0.3) is 5.89 Å². The van der Waals surface area contributed by atoms with E-state index in [1.807, 2.05) is 0 Å². The number of fused-ring (bicyclic) bond motifs is 1. The Bertz CT molecular complexity index is 1410. The number of nitrogens with zero attached hydrogens (tertiary/aromatic N) is 3. The molecule has 0 aliphatic carbocycles. The van der Waals surface area contributed by atoms with Gasteiger partial charge in [0, 0.05) is 41.2 Å². The highest BCUT2D eigenvalue weighted by Crippen LogP contribution is 2.40. The van der Waals surface area contributed by atoms with E-state index < -0.39 is 35.7 Å². The Hall–Kier alpha value is -4.03. The highest BCUT2D eigenvalue weighted by atomic mass is 19.4. The number of aromatic nitrogens is 3. The summed E-state index contributed by atoms with van der Waals surface area (Å²) in [5.41, 5.74) is 4.92. The number of nitrogens with two attached hydrogens (primary N) is 1. The summed E-state index contributed by atoms with van der Waals surface area (Å²) in [5.74, 6) is -1.62. The minimum Gasteiger partial charge on any atom is -0.481 e. The van der Waals surface area contributed by atoms with Gasteiger partial charge >= 0.3 is 12.4 Å². The van der Waals surface area contributed by atoms with Crippen LogP contribution in [0.25, 0.3) is 33.7 Å². The van der Waals surface area contributed by atoms with Crippen LogP contribution < -0.4 is 10.5 Å². The molecule has 0 aliphatic rings. The second-order valence-electron chi connectivity index (χ2n) is 7.90. The van der Waals surface area contributed by atoms with E-state index in [1.54, 1.807) is 35.0 Å². The van der Waals surface area contributed by atoms with Gasteiger partial charge in [-0.25, -0.2) is 0 Å². The number of amides is 1. The SMILES string of the molecule is CC(Oc1ccc(-c2nc(-c3cccc4c3ccn4CCC(N)=O)no2)cc1C(F)(F)F)C(F)(F)F. The van der Waals surface area contributed by atoms with Crippen molar-refractivity contribution in [3.05, 3.63) is 54.2 Å². The zero-order valence-electron chi connectivity index (χ0n) is 18.5. The van der Waals surface area contributed by atoms with Crippen molar-refractivity contribution in [1.82, 2.24) is 14.7 Å². The van der Waals surface area contributed by atoms with E-state index >= 15 is 0 Å². The number of primary amides is 1. The Balaban J connectivity index is 1.68. The fraction of sp³-hybridized carbons (Fsp3) is 0.261. The van der Waals surface area contributed by atoms with Crippen LogP contribution in [0.2, 0.25) is 0 Å². The molecule has 4 aromatic rings. The van der Waals surface area contributed by atoms with E-state index in [1.165, 1.54) is 0 Å². The number of hydrogen-bond donors (Lipinski definition) is 1. The molecular weight excluding hydrogens is 494 g/mol. The third-order valence-corrected chi connectivity index (χ3v) is 5.38. The van der Waals surface area contributed by atoms with Crippen LogP contribution in [0.4, 0.5) is 26.3 Å². The molecule has 0 aliphatic heterocycles. The minimum absolute atomic E-state index is 0.0860. The second kappa shape index (κ2) is 9.21. The minimum atomic E-state index is -5.00. The molecule has 7 nitrogen and oxygen atoms in total. The highest BCUT2D eigenvalue weighted by molar-refractivity contribution is 5.94. The molecule has 0 fully saturated rings. The van der Waals surface area contributed by atoms with E-state index in [2.05, 4.69) is 14.9 Å². The Morgan fingerprint density at radius 3 is 2.56 bits per heavy atom. The van der Waals surface area contributed by atoms with Crippen molar-refractivity contribution in [3.8, 4) is 28.6 Å². The van der Waals surface area contributed by atoms with E-state index in [4.69, 9.17) is 10.3 Å². The number of hydrogen-bond acceptors (Lipinski definition) is 5. The van der Waals surface area contributed by atoms with Crippen molar-refractivity contribution in [2.75, 3.05) is 0 Å². The number of ether oxygens (including phenoxy) is 1. The molecular formula is C23H18F6N4O3. The molecule has 0 saturated heterocycles. The van der Waals surface area contributed by atoms with Crippen molar-refractivity contribution >= 4 is 16.8 Å². The predicted octanol–water partition coefficient (Wildman–Crippen LogP) is 5.58. The summed E-state index contributed by atoms with van der Waals surface area (Å²) in [7, 11) is 0. The summed E-state index contributed by atoms with van der Waals surface area (Å²) in [6, 6.07) is 9.44. The Kier molecular flexibility index (Phi) is 6.41. The zero-order chi connectivity index (χ0) is 26.3. The van der Waals surface area contributed by atoms with Crippen molar-refractivity contribution < 1.29 is 40.4 Å². The summed E-state index contributed by atoms with van der Waals surface area (Å²) < 4.78 is 90.7. The molecule has 2 aromatic heterocycles. The first-order chi connectivity index (χ1) is 16.8. The van der Waals surface area contributed by atoms with Gasteiger partial charge in [-0.15, -0.1) is 0 Å². The van der Waals surface area contributed by atoms with Crippen LogP contribution in [-0.2, 0) is 17.5 Å². The maximum Gasteiger partial charge on any atom is 0.425 e. The fourth-order valence-electron chi connectivity index (χ4n) is 3.54. The van der Waals surface area contributed by atoms with Crippen LogP contribution in [0.5, 0.6) is 5.75 Å². The van der Waals surface area contributed by atoms with Crippen LogP contribution in [0.15, 0.2) is 53.2 Å². The van der Waals surface area contributed by atoms with Gasteiger partial charge in [0.05, 0.1) is 5.56 Å². The van der Waals surface area contributed by atoms with E-state index in [9.17, 15) is 31.1 Å². The van der Waals surface area contributed by atoms with E-state index in [0.29, 0.717) is 30.5 Å². The van der Waals surface area contributed by atoms with Gasteiger partial charge in [-0.2, -0.15) is 31.3 Å². The lowest BCUT2D eigenvalue weighted by Crippen LogP contribution is -2.31. The lowest BCUT2D eigenvalue weighted by molar-refractivity contribution is -0.191. The normalized spacial score (nSPS) is 13.2. The first-order valence-corrected chi connectivity index (χ1v) is 10.5. The largest absolute Gasteiger partial charge is 0.481 e. The molecule has 2 aromatic carbocycles. The number of carbonyl (C=O) groups excluding carboxylic acids is 1. The third kappa shape index (κ3) is 5.14. The molecule has 36 heavy (non-hydrogen) atoms. The Morgan fingerprint density at radius 2 is 1.89 bits per heavy atom. The maximum absolute atomic E-state index is 13.6. The van der Waals surface area contributed by atoms with Gasteiger partial charge in [0.1, 0.15) is 5.75 Å². The molecule has 0 spiro atoms. The highest BCUT2D eigenvalue weighted by Gasteiger charge is 2.41. The summed E-state index contributed by atoms with van der Waals surface area (Å²) in [6.45, 7) is 0.960. The number of halogens is 6.